The molecule has 0 bridgehead atoms. The maximum Gasteiger partial charge on any atom is 0.262 e. The van der Waals surface area contributed by atoms with E-state index in [2.05, 4.69) is 15.1 Å². The number of carbonyl (C=O) groups excluding carboxylic acids is 4. The van der Waals surface area contributed by atoms with Gasteiger partial charge in [-0.15, -0.1) is 11.3 Å². The first-order chi connectivity index (χ1) is 27.2. The van der Waals surface area contributed by atoms with Crippen LogP contribution in [-0.2, 0) is 16.0 Å². The highest BCUT2D eigenvalue weighted by Gasteiger charge is 2.44. The van der Waals surface area contributed by atoms with Crippen molar-refractivity contribution < 1.29 is 38.1 Å². The first-order valence-electron chi connectivity index (χ1n) is 18.9. The van der Waals surface area contributed by atoms with Crippen LogP contribution in [0.3, 0.4) is 0 Å². The Morgan fingerprint density at radius 2 is 1.50 bits per heavy atom. The Balaban J connectivity index is 0.758. The molecule has 11 nitrogen and oxygen atoms in total. The molecule has 3 aliphatic rings. The number of rotatable bonds is 13. The van der Waals surface area contributed by atoms with Gasteiger partial charge in [-0.25, -0.2) is 4.39 Å². The monoisotopic (exact) mass is 776 g/mol. The van der Waals surface area contributed by atoms with E-state index in [1.807, 2.05) is 36.4 Å². The van der Waals surface area contributed by atoms with Crippen molar-refractivity contribution in [1.82, 2.24) is 20.0 Å². The fraction of sp³-hybridized carbons (Fsp3) is 0.302. The van der Waals surface area contributed by atoms with Gasteiger partial charge in [0, 0.05) is 49.2 Å². The number of aromatic hydroxyl groups is 1. The van der Waals surface area contributed by atoms with Gasteiger partial charge in [-0.1, -0.05) is 18.2 Å². The van der Waals surface area contributed by atoms with Crippen LogP contribution < -0.4 is 14.8 Å². The van der Waals surface area contributed by atoms with Gasteiger partial charge < -0.3 is 19.5 Å². The number of carbonyl (C=O) groups is 4. The number of unbranched alkanes of at least 4 members (excludes halogenated alkanes) is 1. The third kappa shape index (κ3) is 8.01. The highest BCUT2D eigenvalue weighted by Crippen LogP contribution is 2.47. The molecule has 1 unspecified atom stereocenters. The van der Waals surface area contributed by atoms with Crippen molar-refractivity contribution in [2.45, 2.75) is 38.1 Å². The molecule has 13 heteroatoms. The Hall–Kier alpha value is -5.63. The van der Waals surface area contributed by atoms with Crippen LogP contribution in [-0.4, -0.2) is 95.4 Å². The number of hydrogen-bond acceptors (Lipinski definition) is 10. The third-order valence-electron chi connectivity index (χ3n) is 10.6. The number of thiophene rings is 1. The van der Waals surface area contributed by atoms with Crippen LogP contribution in [0.4, 0.5) is 4.39 Å². The topological polar surface area (TPSA) is 129 Å². The quantitative estimate of drug-likeness (QED) is 0.100. The molecule has 1 aromatic heterocycles. The van der Waals surface area contributed by atoms with E-state index < -0.39 is 29.7 Å². The molecule has 0 spiro atoms. The Kier molecular flexibility index (Phi) is 10.8. The highest BCUT2D eigenvalue weighted by molar-refractivity contribution is 7.22. The lowest BCUT2D eigenvalue weighted by molar-refractivity contribution is -0.136. The number of nitrogens with zero attached hydrogens (tertiary/aromatic N) is 3. The molecule has 56 heavy (non-hydrogen) atoms. The fourth-order valence-electron chi connectivity index (χ4n) is 7.54. The lowest BCUT2D eigenvalue weighted by atomic mass is 10.0. The van der Waals surface area contributed by atoms with E-state index >= 15 is 0 Å². The number of piperidine rings is 1. The number of phenols is 1. The number of phenolic OH excluding ortho intramolecular Hbond substituents is 1. The van der Waals surface area contributed by atoms with Crippen molar-refractivity contribution in [3.05, 3.63) is 107 Å². The van der Waals surface area contributed by atoms with Crippen molar-refractivity contribution in [2.24, 2.45) is 0 Å². The number of hydrogen-bond donors (Lipinski definition) is 2. The van der Waals surface area contributed by atoms with Crippen molar-refractivity contribution >= 4 is 45.1 Å². The number of nitrogens with one attached hydrogen (secondary N) is 1. The number of aryl methyl sites for hydroxylation is 1. The SMILES string of the molecule is O=C1CCC(N2C(=O)c3ccc(CCCCN4CCN(CCOc5ccc(Oc6c(-c7ccc(F)cc7)sc7cc(O)ccc67)cc5)CC4)cc3C2=O)C(=O)N1. The van der Waals surface area contributed by atoms with E-state index in [9.17, 15) is 28.7 Å². The normalized spacial score (nSPS) is 17.7. The molecule has 4 amide bonds. The number of amides is 4. The van der Waals surface area contributed by atoms with Gasteiger partial charge >= 0.3 is 0 Å². The minimum Gasteiger partial charge on any atom is -0.508 e. The summed E-state index contributed by atoms with van der Waals surface area (Å²) in [5, 5.41) is 13.1. The summed E-state index contributed by atoms with van der Waals surface area (Å²) < 4.78 is 27.0. The summed E-state index contributed by atoms with van der Waals surface area (Å²) in [5.74, 6) is -0.0432. The number of fused-ring (bicyclic) bond motifs is 2. The molecule has 0 radical (unpaired) electrons. The maximum atomic E-state index is 13.6. The molecule has 2 N–H and O–H groups in total. The summed E-state index contributed by atoms with van der Waals surface area (Å²) in [7, 11) is 0. The Morgan fingerprint density at radius 1 is 0.786 bits per heavy atom. The molecule has 8 rings (SSSR count). The number of imide groups is 2. The molecule has 4 heterocycles. The van der Waals surface area contributed by atoms with E-state index in [0.717, 1.165) is 95.3 Å². The molecule has 5 aromatic rings. The minimum atomic E-state index is -0.959. The van der Waals surface area contributed by atoms with Gasteiger partial charge in [0.1, 0.15) is 35.7 Å². The van der Waals surface area contributed by atoms with Gasteiger partial charge in [0.15, 0.2) is 5.75 Å². The Bertz CT molecular complexity index is 2290. The highest BCUT2D eigenvalue weighted by atomic mass is 32.1. The number of piperazine rings is 1. The fourth-order valence-corrected chi connectivity index (χ4v) is 8.71. The lowest BCUT2D eigenvalue weighted by Crippen LogP contribution is -2.54. The molecule has 288 valence electrons. The second-order valence-corrected chi connectivity index (χ2v) is 15.4. The molecule has 2 fully saturated rings. The predicted octanol–water partition coefficient (Wildman–Crippen LogP) is 6.63. The number of halogens is 1. The standard InChI is InChI=1S/C43H41FN4O7S/c44-29-7-5-28(6-8-29)40-39(34-15-9-30(49)26-37(34)56-40)55-32-12-10-31(11-13-32)54-24-23-47-21-19-46(20-22-47)18-2-1-3-27-4-14-33-35(25-27)43(53)48(42(33)52)36-16-17-38(50)45-41(36)51/h4-15,25-26,36,49H,1-3,16-24H2,(H,45,50,51). The molecule has 3 aliphatic heterocycles. The van der Waals surface area contributed by atoms with Crippen molar-refractivity contribution in [1.29, 1.82) is 0 Å². The summed E-state index contributed by atoms with van der Waals surface area (Å²) >= 11 is 1.48. The zero-order valence-corrected chi connectivity index (χ0v) is 31.5. The molecule has 1 atom stereocenters. The van der Waals surface area contributed by atoms with E-state index in [1.54, 1.807) is 36.4 Å². The van der Waals surface area contributed by atoms with E-state index in [1.165, 1.54) is 23.5 Å². The zero-order chi connectivity index (χ0) is 38.8. The molecular weight excluding hydrogens is 736 g/mol. The van der Waals surface area contributed by atoms with Crippen molar-refractivity contribution in [3.8, 4) is 33.4 Å². The smallest absolute Gasteiger partial charge is 0.262 e. The van der Waals surface area contributed by atoms with Crippen molar-refractivity contribution in [3.63, 3.8) is 0 Å². The van der Waals surface area contributed by atoms with Crippen LogP contribution in [0.1, 0.15) is 52.0 Å². The summed E-state index contributed by atoms with van der Waals surface area (Å²) in [6, 6.07) is 23.4. The molecule has 4 aromatic carbocycles. The maximum absolute atomic E-state index is 13.6. The summed E-state index contributed by atoms with van der Waals surface area (Å²) in [6.45, 7) is 6.25. The van der Waals surface area contributed by atoms with Gasteiger partial charge in [0.05, 0.1) is 16.0 Å². The summed E-state index contributed by atoms with van der Waals surface area (Å²) in [4.78, 5) is 56.8. The minimum absolute atomic E-state index is 0.0968. The van der Waals surface area contributed by atoms with Crippen LogP contribution in [0.5, 0.6) is 23.0 Å². The van der Waals surface area contributed by atoms with Crippen LogP contribution in [0, 0.1) is 5.82 Å². The summed E-state index contributed by atoms with van der Waals surface area (Å²) in [6.07, 6.45) is 2.97. The third-order valence-corrected chi connectivity index (χ3v) is 11.8. The van der Waals surface area contributed by atoms with Crippen molar-refractivity contribution in [2.75, 3.05) is 45.9 Å². The Morgan fingerprint density at radius 3 is 2.25 bits per heavy atom. The average molecular weight is 777 g/mol. The Labute approximate surface area is 327 Å². The largest absolute Gasteiger partial charge is 0.508 e. The second-order valence-electron chi connectivity index (χ2n) is 14.3. The van der Waals surface area contributed by atoms with Gasteiger partial charge in [0.2, 0.25) is 11.8 Å². The van der Waals surface area contributed by atoms with Gasteiger partial charge in [0.25, 0.3) is 11.8 Å². The van der Waals surface area contributed by atoms with E-state index in [4.69, 9.17) is 9.47 Å². The molecular formula is C43H41FN4O7S. The molecule has 0 aliphatic carbocycles. The van der Waals surface area contributed by atoms with Gasteiger partial charge in [-0.3, -0.25) is 34.3 Å². The van der Waals surface area contributed by atoms with E-state index in [0.29, 0.717) is 29.2 Å². The van der Waals surface area contributed by atoms with Crippen LogP contribution in [0.25, 0.3) is 20.5 Å². The molecule has 2 saturated heterocycles. The number of benzene rings is 4. The predicted molar refractivity (Wildman–Crippen MR) is 210 cm³/mol. The average Bonchev–Trinajstić information content (AvgIpc) is 3.67. The zero-order valence-electron chi connectivity index (χ0n) is 30.7. The van der Waals surface area contributed by atoms with Crippen LogP contribution >= 0.6 is 11.3 Å². The van der Waals surface area contributed by atoms with Gasteiger partial charge in [-0.05, 0) is 110 Å². The van der Waals surface area contributed by atoms with Crippen LogP contribution in [0.2, 0.25) is 0 Å². The van der Waals surface area contributed by atoms with Gasteiger partial charge in [-0.2, -0.15) is 0 Å². The van der Waals surface area contributed by atoms with E-state index in [-0.39, 0.29) is 24.4 Å². The summed E-state index contributed by atoms with van der Waals surface area (Å²) in [5.41, 5.74) is 2.45. The first-order valence-corrected chi connectivity index (χ1v) is 19.7. The lowest BCUT2D eigenvalue weighted by Gasteiger charge is -2.34. The second kappa shape index (κ2) is 16.2. The first kappa shape index (κ1) is 37.3. The number of ether oxygens (including phenoxy) is 2. The molecule has 0 saturated carbocycles. The van der Waals surface area contributed by atoms with Crippen LogP contribution in [0.15, 0.2) is 84.9 Å².